The molecule has 1 atom stereocenters. The van der Waals surface area contributed by atoms with Crippen molar-refractivity contribution in [3.63, 3.8) is 0 Å². The Morgan fingerprint density at radius 1 is 1.13 bits per heavy atom. The average Bonchev–Trinajstić information content (AvgIpc) is 2.92. The van der Waals surface area contributed by atoms with E-state index in [0.29, 0.717) is 0 Å². The summed E-state index contributed by atoms with van der Waals surface area (Å²) in [6.07, 6.45) is 10.5. The molecule has 0 aliphatic carbocycles. The first-order chi connectivity index (χ1) is 11.2. The van der Waals surface area contributed by atoms with Crippen LogP contribution < -0.4 is 10.5 Å². The highest BCUT2D eigenvalue weighted by Crippen LogP contribution is 2.24. The van der Waals surface area contributed by atoms with E-state index in [1.54, 1.807) is 0 Å². The Morgan fingerprint density at radius 3 is 2.61 bits per heavy atom. The van der Waals surface area contributed by atoms with Gasteiger partial charge in [0, 0.05) is 23.1 Å². The molecule has 1 unspecified atom stereocenters. The van der Waals surface area contributed by atoms with Gasteiger partial charge in [0.05, 0.1) is 6.61 Å². The number of thiol groups is 1. The molecule has 3 N–H and O–H groups in total. The van der Waals surface area contributed by atoms with Gasteiger partial charge in [0.25, 0.3) is 0 Å². The van der Waals surface area contributed by atoms with Crippen LogP contribution in [-0.2, 0) is 6.42 Å². The van der Waals surface area contributed by atoms with Gasteiger partial charge in [-0.15, -0.1) is 0 Å². The molecule has 0 saturated heterocycles. The summed E-state index contributed by atoms with van der Waals surface area (Å²) < 4.78 is 5.91. The fourth-order valence-electron chi connectivity index (χ4n) is 2.87. The van der Waals surface area contributed by atoms with Gasteiger partial charge in [-0.25, -0.2) is 0 Å². The van der Waals surface area contributed by atoms with Gasteiger partial charge in [0.2, 0.25) is 0 Å². The molecule has 1 aromatic heterocycles. The molecule has 4 heteroatoms. The third-order valence-corrected chi connectivity index (χ3v) is 4.42. The van der Waals surface area contributed by atoms with Gasteiger partial charge in [-0.1, -0.05) is 25.7 Å². The summed E-state index contributed by atoms with van der Waals surface area (Å²) in [7, 11) is 0. The Hall–Kier alpha value is -1.13. The number of nitrogens with two attached hydrogens (primary N) is 1. The number of nitrogens with one attached hydrogen (secondary N) is 1. The maximum absolute atomic E-state index is 5.92. The first kappa shape index (κ1) is 18.2. The van der Waals surface area contributed by atoms with Gasteiger partial charge in [-0.2, -0.15) is 12.6 Å². The van der Waals surface area contributed by atoms with Crippen LogP contribution in [0.1, 0.15) is 51.0 Å². The Bertz CT molecular complexity index is 580. The van der Waals surface area contributed by atoms with E-state index in [9.17, 15) is 0 Å². The molecule has 0 radical (unpaired) electrons. The minimum Gasteiger partial charge on any atom is -0.494 e. The van der Waals surface area contributed by atoms with Gasteiger partial charge >= 0.3 is 0 Å². The second kappa shape index (κ2) is 9.89. The van der Waals surface area contributed by atoms with Crippen LogP contribution in [0.3, 0.4) is 0 Å². The first-order valence-electron chi connectivity index (χ1n) is 8.80. The molecule has 2 aromatic rings. The standard InChI is InChI=1S/C19H30N2OS/c1-15(20)12-16-14-21-19-9-8-17(13-18(16)19)22-10-6-4-2-3-5-7-11-23/h8-9,13-15,21,23H,2-7,10-12,20H2,1H3. The van der Waals surface area contributed by atoms with Crippen molar-refractivity contribution in [1.82, 2.24) is 4.98 Å². The molecule has 0 aliphatic rings. The topological polar surface area (TPSA) is 51.0 Å². The highest BCUT2D eigenvalue weighted by atomic mass is 32.1. The SMILES string of the molecule is CC(N)Cc1c[nH]c2ccc(OCCCCCCCCS)cc12. The van der Waals surface area contributed by atoms with Crippen LogP contribution in [0.4, 0.5) is 0 Å². The summed E-state index contributed by atoms with van der Waals surface area (Å²) in [5.41, 5.74) is 8.34. The number of hydrogen-bond donors (Lipinski definition) is 3. The lowest BCUT2D eigenvalue weighted by molar-refractivity contribution is 0.305. The molecule has 0 fully saturated rings. The zero-order chi connectivity index (χ0) is 16.5. The molecule has 1 aromatic carbocycles. The predicted molar refractivity (Wildman–Crippen MR) is 103 cm³/mol. The number of aromatic nitrogens is 1. The van der Waals surface area contributed by atoms with Crippen molar-refractivity contribution in [3.05, 3.63) is 30.0 Å². The second-order valence-corrected chi connectivity index (χ2v) is 6.84. The van der Waals surface area contributed by atoms with E-state index in [0.717, 1.165) is 36.5 Å². The van der Waals surface area contributed by atoms with Crippen LogP contribution in [0, 0.1) is 0 Å². The average molecular weight is 335 g/mol. The van der Waals surface area contributed by atoms with Crippen molar-refractivity contribution in [3.8, 4) is 5.75 Å². The minimum absolute atomic E-state index is 0.168. The summed E-state index contributed by atoms with van der Waals surface area (Å²) in [5, 5.41) is 1.23. The van der Waals surface area contributed by atoms with Gasteiger partial charge in [0.1, 0.15) is 5.75 Å². The van der Waals surface area contributed by atoms with Crippen molar-refractivity contribution in [2.75, 3.05) is 12.4 Å². The molecule has 2 rings (SSSR count). The summed E-state index contributed by atoms with van der Waals surface area (Å²) in [6.45, 7) is 2.83. The van der Waals surface area contributed by atoms with Crippen LogP contribution in [-0.4, -0.2) is 23.4 Å². The number of fused-ring (bicyclic) bond motifs is 1. The fraction of sp³-hybridized carbons (Fsp3) is 0.579. The summed E-state index contributed by atoms with van der Waals surface area (Å²) in [4.78, 5) is 3.30. The third-order valence-electron chi connectivity index (χ3n) is 4.10. The smallest absolute Gasteiger partial charge is 0.120 e. The van der Waals surface area contributed by atoms with E-state index in [1.165, 1.54) is 43.1 Å². The number of H-pyrrole nitrogens is 1. The molecular weight excluding hydrogens is 304 g/mol. The van der Waals surface area contributed by atoms with Crippen molar-refractivity contribution in [2.24, 2.45) is 5.73 Å². The summed E-state index contributed by atoms with van der Waals surface area (Å²) >= 11 is 4.24. The lowest BCUT2D eigenvalue weighted by Crippen LogP contribution is -2.17. The highest BCUT2D eigenvalue weighted by molar-refractivity contribution is 7.80. The van der Waals surface area contributed by atoms with E-state index >= 15 is 0 Å². The Morgan fingerprint density at radius 2 is 1.87 bits per heavy atom. The number of benzene rings is 1. The minimum atomic E-state index is 0.168. The fourth-order valence-corrected chi connectivity index (χ4v) is 3.10. The van der Waals surface area contributed by atoms with Gasteiger partial charge in [0.15, 0.2) is 0 Å². The second-order valence-electron chi connectivity index (χ2n) is 6.40. The monoisotopic (exact) mass is 334 g/mol. The Kier molecular flexibility index (Phi) is 7.83. The maximum atomic E-state index is 5.92. The zero-order valence-corrected chi connectivity index (χ0v) is 15.1. The molecule has 1 heterocycles. The van der Waals surface area contributed by atoms with Crippen LogP contribution in [0.25, 0.3) is 10.9 Å². The normalized spacial score (nSPS) is 12.7. The van der Waals surface area contributed by atoms with Crippen molar-refractivity contribution in [2.45, 2.75) is 57.9 Å². The third kappa shape index (κ3) is 6.11. The van der Waals surface area contributed by atoms with Gasteiger partial charge in [-0.3, -0.25) is 0 Å². The molecule has 23 heavy (non-hydrogen) atoms. The Labute approximate surface area is 145 Å². The quantitative estimate of drug-likeness (QED) is 0.412. The molecule has 0 saturated carbocycles. The van der Waals surface area contributed by atoms with Crippen molar-refractivity contribution >= 4 is 23.5 Å². The molecule has 3 nitrogen and oxygen atoms in total. The molecule has 128 valence electrons. The van der Waals surface area contributed by atoms with Crippen LogP contribution in [0.5, 0.6) is 5.75 Å². The summed E-state index contributed by atoms with van der Waals surface area (Å²) in [6, 6.07) is 6.44. The zero-order valence-electron chi connectivity index (χ0n) is 14.2. The number of aromatic amines is 1. The molecule has 0 spiro atoms. The lowest BCUT2D eigenvalue weighted by Gasteiger charge is -2.08. The van der Waals surface area contributed by atoms with E-state index in [4.69, 9.17) is 10.5 Å². The van der Waals surface area contributed by atoms with Crippen LogP contribution in [0.15, 0.2) is 24.4 Å². The Balaban J connectivity index is 1.77. The largest absolute Gasteiger partial charge is 0.494 e. The summed E-state index contributed by atoms with van der Waals surface area (Å²) in [5.74, 6) is 1.97. The molecular formula is C19H30N2OS. The predicted octanol–water partition coefficient (Wildman–Crippen LogP) is 4.71. The highest BCUT2D eigenvalue weighted by Gasteiger charge is 2.07. The van der Waals surface area contributed by atoms with Gasteiger partial charge < -0.3 is 15.5 Å². The van der Waals surface area contributed by atoms with E-state index in [1.807, 2.05) is 13.0 Å². The van der Waals surface area contributed by atoms with E-state index in [2.05, 4.69) is 35.9 Å². The van der Waals surface area contributed by atoms with Crippen molar-refractivity contribution in [1.29, 1.82) is 0 Å². The first-order valence-corrected chi connectivity index (χ1v) is 9.43. The molecule has 0 bridgehead atoms. The number of unbranched alkanes of at least 4 members (excludes halogenated alkanes) is 5. The van der Waals surface area contributed by atoms with Crippen molar-refractivity contribution < 1.29 is 4.74 Å². The van der Waals surface area contributed by atoms with Crippen LogP contribution in [0.2, 0.25) is 0 Å². The number of hydrogen-bond acceptors (Lipinski definition) is 3. The number of ether oxygens (including phenoxy) is 1. The van der Waals surface area contributed by atoms with Crippen LogP contribution >= 0.6 is 12.6 Å². The lowest BCUT2D eigenvalue weighted by atomic mass is 10.1. The maximum Gasteiger partial charge on any atom is 0.120 e. The number of rotatable bonds is 11. The molecule has 0 aliphatic heterocycles. The molecule has 0 amide bonds. The van der Waals surface area contributed by atoms with Gasteiger partial charge in [-0.05, 0) is 55.7 Å². The van der Waals surface area contributed by atoms with E-state index < -0.39 is 0 Å². The van der Waals surface area contributed by atoms with E-state index in [-0.39, 0.29) is 6.04 Å².